The summed E-state index contributed by atoms with van der Waals surface area (Å²) in [6, 6.07) is 7.26. The van der Waals surface area contributed by atoms with E-state index in [4.69, 9.17) is 5.11 Å². The van der Waals surface area contributed by atoms with Crippen LogP contribution < -0.4 is 0 Å². The minimum absolute atomic E-state index is 0.632. The van der Waals surface area contributed by atoms with E-state index in [1.165, 1.54) is 0 Å². The third kappa shape index (κ3) is 1.07. The third-order valence-electron chi connectivity index (χ3n) is 1.95. The molecule has 0 radical (unpaired) electrons. The number of carboxylic acid groups (broad SMARTS) is 1. The number of carbonyl (C=O) groups is 1. The molecule has 0 unspecified atom stereocenters. The molecule has 0 bridgehead atoms. The zero-order valence-corrected chi connectivity index (χ0v) is 7.06. The highest BCUT2D eigenvalue weighted by Crippen LogP contribution is 2.16. The molecule has 4 heteroatoms. The summed E-state index contributed by atoms with van der Waals surface area (Å²) in [5.74, 6) is 0. The van der Waals surface area contributed by atoms with E-state index < -0.39 is 6.09 Å². The Morgan fingerprint density at radius 2 is 2.15 bits per heavy atom. The highest BCUT2D eigenvalue weighted by Gasteiger charge is 2.10. The fraction of sp³-hybridized carbons (Fsp3) is 0.111. The second-order valence-corrected chi connectivity index (χ2v) is 2.80. The molecule has 1 heterocycles. The molecule has 0 fully saturated rings. The van der Waals surface area contributed by atoms with Crippen molar-refractivity contribution >= 4 is 17.0 Å². The Morgan fingerprint density at radius 3 is 2.85 bits per heavy atom. The summed E-state index contributed by atoms with van der Waals surface area (Å²) >= 11 is 0. The molecular weight excluding hydrogens is 168 g/mol. The number of aromatic nitrogens is 2. The SMILES string of the molecule is Cc1nn(C(=O)O)c2ccccc12. The summed E-state index contributed by atoms with van der Waals surface area (Å²) in [5.41, 5.74) is 1.37. The molecule has 0 amide bonds. The Balaban J connectivity index is 2.85. The zero-order valence-electron chi connectivity index (χ0n) is 7.06. The van der Waals surface area contributed by atoms with Gasteiger partial charge in [0.1, 0.15) is 0 Å². The molecule has 2 aromatic rings. The van der Waals surface area contributed by atoms with Crippen LogP contribution in [0.15, 0.2) is 24.3 Å². The fourth-order valence-electron chi connectivity index (χ4n) is 1.37. The van der Waals surface area contributed by atoms with Gasteiger partial charge in [-0.2, -0.15) is 9.78 Å². The molecule has 2 rings (SSSR count). The predicted octanol–water partition coefficient (Wildman–Crippen LogP) is 1.87. The number of nitrogens with zero attached hydrogens (tertiary/aromatic N) is 2. The zero-order chi connectivity index (χ0) is 9.42. The molecule has 1 aromatic carbocycles. The van der Waals surface area contributed by atoms with E-state index in [2.05, 4.69) is 5.10 Å². The van der Waals surface area contributed by atoms with Gasteiger partial charge in [0.15, 0.2) is 0 Å². The molecule has 0 atom stereocenters. The number of rotatable bonds is 0. The third-order valence-corrected chi connectivity index (χ3v) is 1.95. The highest BCUT2D eigenvalue weighted by atomic mass is 16.4. The van der Waals surface area contributed by atoms with Crippen LogP contribution in [-0.4, -0.2) is 21.0 Å². The van der Waals surface area contributed by atoms with Gasteiger partial charge in [-0.1, -0.05) is 18.2 Å². The predicted molar refractivity (Wildman–Crippen MR) is 47.9 cm³/mol. The van der Waals surface area contributed by atoms with E-state index in [-0.39, 0.29) is 0 Å². The molecule has 13 heavy (non-hydrogen) atoms. The number of fused-ring (bicyclic) bond motifs is 1. The summed E-state index contributed by atoms with van der Waals surface area (Å²) in [4.78, 5) is 10.7. The van der Waals surface area contributed by atoms with E-state index in [9.17, 15) is 4.79 Å². The number of aryl methyl sites for hydroxylation is 1. The summed E-state index contributed by atoms with van der Waals surface area (Å²) in [6.45, 7) is 1.79. The Labute approximate surface area is 74.4 Å². The van der Waals surface area contributed by atoms with Crippen molar-refractivity contribution in [2.45, 2.75) is 6.92 Å². The van der Waals surface area contributed by atoms with Gasteiger partial charge in [-0.15, -0.1) is 0 Å². The highest BCUT2D eigenvalue weighted by molar-refractivity contribution is 5.88. The first-order valence-corrected chi connectivity index (χ1v) is 3.88. The van der Waals surface area contributed by atoms with Crippen molar-refractivity contribution in [3.63, 3.8) is 0 Å². The summed E-state index contributed by atoms with van der Waals surface area (Å²) in [6.07, 6.45) is -1.05. The van der Waals surface area contributed by atoms with Gasteiger partial charge in [0.2, 0.25) is 0 Å². The van der Waals surface area contributed by atoms with E-state index in [0.29, 0.717) is 5.52 Å². The largest absolute Gasteiger partial charge is 0.463 e. The molecule has 0 spiro atoms. The lowest BCUT2D eigenvalue weighted by molar-refractivity contribution is 0.194. The molecule has 1 N–H and O–H groups in total. The van der Waals surface area contributed by atoms with Crippen LogP contribution in [0.4, 0.5) is 4.79 Å². The van der Waals surface area contributed by atoms with Gasteiger partial charge in [0.25, 0.3) is 0 Å². The van der Waals surface area contributed by atoms with Gasteiger partial charge in [0.05, 0.1) is 11.2 Å². The molecule has 1 aromatic heterocycles. The van der Waals surface area contributed by atoms with E-state index in [0.717, 1.165) is 15.8 Å². The molecule has 0 aliphatic carbocycles. The Morgan fingerprint density at radius 1 is 1.46 bits per heavy atom. The maximum atomic E-state index is 10.7. The molecule has 0 saturated heterocycles. The monoisotopic (exact) mass is 176 g/mol. The standard InChI is InChI=1S/C9H8N2O2/c1-6-7-4-2-3-5-8(7)11(10-6)9(12)13/h2-5H,1H3,(H,12,13). The Hall–Kier alpha value is -1.84. The quantitative estimate of drug-likeness (QED) is 0.666. The lowest BCUT2D eigenvalue weighted by atomic mass is 10.2. The van der Waals surface area contributed by atoms with Crippen molar-refractivity contribution < 1.29 is 9.90 Å². The fourth-order valence-corrected chi connectivity index (χ4v) is 1.37. The first kappa shape index (κ1) is 7.79. The van der Waals surface area contributed by atoms with Gasteiger partial charge >= 0.3 is 6.09 Å². The molecular formula is C9H8N2O2. The number of hydrogen-bond acceptors (Lipinski definition) is 2. The van der Waals surface area contributed by atoms with Crippen LogP contribution in [0.1, 0.15) is 5.69 Å². The Kier molecular flexibility index (Phi) is 1.55. The van der Waals surface area contributed by atoms with Gasteiger partial charge in [-0.3, -0.25) is 0 Å². The first-order valence-electron chi connectivity index (χ1n) is 3.88. The van der Waals surface area contributed by atoms with Crippen LogP contribution >= 0.6 is 0 Å². The maximum Gasteiger partial charge on any atom is 0.432 e. The normalized spacial score (nSPS) is 10.5. The van der Waals surface area contributed by atoms with Crippen LogP contribution in [0.25, 0.3) is 10.9 Å². The molecule has 66 valence electrons. The number of benzene rings is 1. The van der Waals surface area contributed by atoms with Crippen molar-refractivity contribution in [2.24, 2.45) is 0 Å². The summed E-state index contributed by atoms with van der Waals surface area (Å²) in [5, 5.41) is 13.6. The van der Waals surface area contributed by atoms with Gasteiger partial charge in [-0.25, -0.2) is 4.79 Å². The molecule has 4 nitrogen and oxygen atoms in total. The van der Waals surface area contributed by atoms with Gasteiger partial charge in [-0.05, 0) is 13.0 Å². The van der Waals surface area contributed by atoms with E-state index >= 15 is 0 Å². The average molecular weight is 176 g/mol. The topological polar surface area (TPSA) is 55.1 Å². The number of hydrogen-bond donors (Lipinski definition) is 1. The lowest BCUT2D eigenvalue weighted by Crippen LogP contribution is -2.09. The molecule has 0 aliphatic heterocycles. The van der Waals surface area contributed by atoms with Crippen LogP contribution in [0.5, 0.6) is 0 Å². The minimum Gasteiger partial charge on any atom is -0.463 e. The van der Waals surface area contributed by atoms with Crippen molar-refractivity contribution in [3.8, 4) is 0 Å². The van der Waals surface area contributed by atoms with Gasteiger partial charge in [0, 0.05) is 5.39 Å². The van der Waals surface area contributed by atoms with Crippen LogP contribution in [0.2, 0.25) is 0 Å². The van der Waals surface area contributed by atoms with Crippen LogP contribution in [0, 0.1) is 6.92 Å². The van der Waals surface area contributed by atoms with E-state index in [1.54, 1.807) is 19.1 Å². The van der Waals surface area contributed by atoms with Crippen molar-refractivity contribution in [1.82, 2.24) is 9.78 Å². The molecule has 0 saturated carbocycles. The van der Waals surface area contributed by atoms with Crippen molar-refractivity contribution in [3.05, 3.63) is 30.0 Å². The maximum absolute atomic E-state index is 10.7. The minimum atomic E-state index is -1.05. The average Bonchev–Trinajstić information content (AvgIpc) is 2.45. The smallest absolute Gasteiger partial charge is 0.432 e. The van der Waals surface area contributed by atoms with Crippen molar-refractivity contribution in [1.29, 1.82) is 0 Å². The van der Waals surface area contributed by atoms with E-state index in [1.807, 2.05) is 12.1 Å². The Bertz CT molecular complexity index is 473. The van der Waals surface area contributed by atoms with Gasteiger partial charge < -0.3 is 5.11 Å². The number of para-hydroxylation sites is 1. The summed E-state index contributed by atoms with van der Waals surface area (Å²) < 4.78 is 0.991. The van der Waals surface area contributed by atoms with Crippen molar-refractivity contribution in [2.75, 3.05) is 0 Å². The second-order valence-electron chi connectivity index (χ2n) is 2.80. The lowest BCUT2D eigenvalue weighted by Gasteiger charge is -1.92. The molecule has 0 aliphatic rings. The van der Waals surface area contributed by atoms with Crippen LogP contribution in [0.3, 0.4) is 0 Å². The summed E-state index contributed by atoms with van der Waals surface area (Å²) in [7, 11) is 0. The first-order chi connectivity index (χ1) is 6.20. The van der Waals surface area contributed by atoms with Crippen LogP contribution in [-0.2, 0) is 0 Å². The second kappa shape index (κ2) is 2.58.